The van der Waals surface area contributed by atoms with Crippen molar-refractivity contribution in [2.45, 2.75) is 0 Å². The van der Waals surface area contributed by atoms with Crippen LogP contribution >= 0.6 is 28.3 Å². The van der Waals surface area contributed by atoms with Crippen molar-refractivity contribution < 1.29 is 0 Å². The Labute approximate surface area is 83.1 Å². The standard InChI is InChI=1S/C6H5BrN4.ClH/c7-4-2-10-6-5(11-4)3(8)1-9-6;/h1-2H,8H2,(H,9,10);1H. The third-order valence-electron chi connectivity index (χ3n) is 1.38. The highest BCUT2D eigenvalue weighted by atomic mass is 79.9. The van der Waals surface area contributed by atoms with Crippen LogP contribution in [0.3, 0.4) is 0 Å². The molecule has 0 aliphatic carbocycles. The van der Waals surface area contributed by atoms with E-state index in [9.17, 15) is 0 Å². The van der Waals surface area contributed by atoms with Crippen molar-refractivity contribution in [3.8, 4) is 0 Å². The molecule has 0 aromatic carbocycles. The lowest BCUT2D eigenvalue weighted by molar-refractivity contribution is 1.23. The topological polar surface area (TPSA) is 67.6 Å². The lowest BCUT2D eigenvalue weighted by Gasteiger charge is -1.89. The minimum atomic E-state index is 0. The van der Waals surface area contributed by atoms with Gasteiger partial charge in [-0.3, -0.25) is 0 Å². The Morgan fingerprint density at radius 1 is 1.50 bits per heavy atom. The molecule has 0 atom stereocenters. The van der Waals surface area contributed by atoms with Crippen LogP contribution in [0.4, 0.5) is 5.69 Å². The van der Waals surface area contributed by atoms with Crippen LogP contribution in [-0.2, 0) is 0 Å². The molecule has 0 aliphatic rings. The summed E-state index contributed by atoms with van der Waals surface area (Å²) in [5.41, 5.74) is 7.63. The van der Waals surface area contributed by atoms with Crippen LogP contribution in [0.2, 0.25) is 0 Å². The fourth-order valence-electron chi connectivity index (χ4n) is 0.889. The van der Waals surface area contributed by atoms with Crippen LogP contribution in [0.15, 0.2) is 17.0 Å². The average Bonchev–Trinajstić information content (AvgIpc) is 2.33. The summed E-state index contributed by atoms with van der Waals surface area (Å²) in [5, 5.41) is 0. The molecule has 0 radical (unpaired) electrons. The molecule has 12 heavy (non-hydrogen) atoms. The molecule has 0 bridgehead atoms. The fourth-order valence-corrected chi connectivity index (χ4v) is 1.17. The number of nitrogens with one attached hydrogen (secondary N) is 1. The summed E-state index contributed by atoms with van der Waals surface area (Å²) in [4.78, 5) is 11.1. The molecule has 2 rings (SSSR count). The zero-order valence-corrected chi connectivity index (χ0v) is 8.32. The molecule has 0 aliphatic heterocycles. The Morgan fingerprint density at radius 3 is 3.00 bits per heavy atom. The molecule has 0 fully saturated rings. The van der Waals surface area contributed by atoms with Crippen molar-refractivity contribution in [2.24, 2.45) is 0 Å². The molecule has 6 heteroatoms. The lowest BCUT2D eigenvalue weighted by Crippen LogP contribution is -1.85. The van der Waals surface area contributed by atoms with Gasteiger partial charge in [-0.25, -0.2) is 9.97 Å². The third-order valence-corrected chi connectivity index (χ3v) is 1.76. The van der Waals surface area contributed by atoms with E-state index >= 15 is 0 Å². The van der Waals surface area contributed by atoms with E-state index in [4.69, 9.17) is 5.73 Å². The summed E-state index contributed by atoms with van der Waals surface area (Å²) in [6, 6.07) is 0. The van der Waals surface area contributed by atoms with E-state index in [-0.39, 0.29) is 12.4 Å². The second kappa shape index (κ2) is 3.28. The highest BCUT2D eigenvalue weighted by molar-refractivity contribution is 9.10. The quantitative estimate of drug-likeness (QED) is 0.747. The summed E-state index contributed by atoms with van der Waals surface area (Å²) in [6.45, 7) is 0. The molecule has 0 spiro atoms. The van der Waals surface area contributed by atoms with Gasteiger partial charge in [0.05, 0.1) is 11.9 Å². The van der Waals surface area contributed by atoms with Crippen molar-refractivity contribution in [3.05, 3.63) is 17.0 Å². The van der Waals surface area contributed by atoms with Crippen LogP contribution < -0.4 is 5.73 Å². The van der Waals surface area contributed by atoms with Gasteiger partial charge in [-0.2, -0.15) is 0 Å². The zero-order valence-electron chi connectivity index (χ0n) is 5.91. The summed E-state index contributed by atoms with van der Waals surface area (Å²) >= 11 is 3.21. The maximum absolute atomic E-state index is 5.59. The second-order valence-corrected chi connectivity index (χ2v) is 2.95. The van der Waals surface area contributed by atoms with Crippen LogP contribution in [-0.4, -0.2) is 15.0 Å². The first-order chi connectivity index (χ1) is 5.27. The van der Waals surface area contributed by atoms with Gasteiger partial charge in [0.1, 0.15) is 10.1 Å². The van der Waals surface area contributed by atoms with Gasteiger partial charge in [0.2, 0.25) is 0 Å². The zero-order chi connectivity index (χ0) is 7.84. The Balaban J connectivity index is 0.000000720. The summed E-state index contributed by atoms with van der Waals surface area (Å²) in [6.07, 6.45) is 3.30. The minimum Gasteiger partial charge on any atom is -0.396 e. The van der Waals surface area contributed by atoms with Crippen LogP contribution in [0, 0.1) is 0 Å². The Hall–Kier alpha value is -0.810. The van der Waals surface area contributed by atoms with E-state index in [0.29, 0.717) is 21.5 Å². The molecule has 2 aromatic rings. The number of halogens is 2. The monoisotopic (exact) mass is 248 g/mol. The molecule has 4 nitrogen and oxygen atoms in total. The first-order valence-electron chi connectivity index (χ1n) is 3.02. The summed E-state index contributed by atoms with van der Waals surface area (Å²) in [5.74, 6) is 0. The van der Waals surface area contributed by atoms with E-state index in [1.54, 1.807) is 12.4 Å². The van der Waals surface area contributed by atoms with Crippen molar-refractivity contribution in [1.29, 1.82) is 0 Å². The Kier molecular flexibility index (Phi) is 2.54. The van der Waals surface area contributed by atoms with Gasteiger partial charge >= 0.3 is 0 Å². The third kappa shape index (κ3) is 1.37. The number of rotatable bonds is 0. The molecule has 2 heterocycles. The predicted octanol–water partition coefficient (Wildman–Crippen LogP) is 1.72. The number of nitrogens with zero attached hydrogens (tertiary/aromatic N) is 2. The number of anilines is 1. The van der Waals surface area contributed by atoms with Crippen molar-refractivity contribution in [2.75, 3.05) is 5.73 Å². The number of nitrogen functional groups attached to an aromatic ring is 1. The van der Waals surface area contributed by atoms with Gasteiger partial charge in [-0.1, -0.05) is 0 Å². The largest absolute Gasteiger partial charge is 0.396 e. The maximum Gasteiger partial charge on any atom is 0.158 e. The number of fused-ring (bicyclic) bond motifs is 1. The van der Waals surface area contributed by atoms with Gasteiger partial charge in [-0.15, -0.1) is 12.4 Å². The van der Waals surface area contributed by atoms with E-state index < -0.39 is 0 Å². The summed E-state index contributed by atoms with van der Waals surface area (Å²) in [7, 11) is 0. The highest BCUT2D eigenvalue weighted by Crippen LogP contribution is 2.17. The molecular formula is C6H6BrClN4. The minimum absolute atomic E-state index is 0. The van der Waals surface area contributed by atoms with Gasteiger partial charge < -0.3 is 10.7 Å². The highest BCUT2D eigenvalue weighted by Gasteiger charge is 2.01. The van der Waals surface area contributed by atoms with Crippen LogP contribution in [0.1, 0.15) is 0 Å². The van der Waals surface area contributed by atoms with Gasteiger partial charge in [-0.05, 0) is 15.9 Å². The second-order valence-electron chi connectivity index (χ2n) is 2.13. The van der Waals surface area contributed by atoms with Crippen molar-refractivity contribution >= 4 is 45.2 Å². The number of nitrogens with two attached hydrogens (primary N) is 1. The number of aromatic amines is 1. The molecule has 2 aromatic heterocycles. The molecule has 0 amide bonds. The van der Waals surface area contributed by atoms with Crippen LogP contribution in [0.5, 0.6) is 0 Å². The first kappa shape index (κ1) is 9.28. The molecule has 0 saturated heterocycles. The fraction of sp³-hybridized carbons (Fsp3) is 0. The number of aromatic nitrogens is 3. The van der Waals surface area contributed by atoms with Crippen LogP contribution in [0.25, 0.3) is 11.2 Å². The van der Waals surface area contributed by atoms with E-state index in [1.165, 1.54) is 0 Å². The molecule has 3 N–H and O–H groups in total. The van der Waals surface area contributed by atoms with Gasteiger partial charge in [0.15, 0.2) is 5.65 Å². The van der Waals surface area contributed by atoms with Gasteiger partial charge in [0.25, 0.3) is 0 Å². The number of H-pyrrole nitrogens is 1. The normalized spacial score (nSPS) is 9.75. The Morgan fingerprint density at radius 2 is 2.25 bits per heavy atom. The van der Waals surface area contributed by atoms with E-state index in [2.05, 4.69) is 30.9 Å². The van der Waals surface area contributed by atoms with Gasteiger partial charge in [0, 0.05) is 6.20 Å². The van der Waals surface area contributed by atoms with Crippen molar-refractivity contribution in [1.82, 2.24) is 15.0 Å². The number of hydrogen-bond acceptors (Lipinski definition) is 3. The lowest BCUT2D eigenvalue weighted by atomic mass is 10.5. The average molecular weight is 249 g/mol. The Bertz CT molecular complexity index is 399. The molecular weight excluding hydrogens is 243 g/mol. The maximum atomic E-state index is 5.59. The molecule has 0 saturated carbocycles. The smallest absolute Gasteiger partial charge is 0.158 e. The molecule has 0 unspecified atom stereocenters. The van der Waals surface area contributed by atoms with E-state index in [0.717, 1.165) is 0 Å². The molecule has 64 valence electrons. The van der Waals surface area contributed by atoms with E-state index in [1.807, 2.05) is 0 Å². The number of hydrogen-bond donors (Lipinski definition) is 2. The first-order valence-corrected chi connectivity index (χ1v) is 3.82. The van der Waals surface area contributed by atoms with Crippen molar-refractivity contribution in [3.63, 3.8) is 0 Å². The SMILES string of the molecule is Cl.Nc1c[nH]c2ncc(Br)nc12. The predicted molar refractivity (Wildman–Crippen MR) is 53.2 cm³/mol. The summed E-state index contributed by atoms with van der Waals surface area (Å²) < 4.78 is 0.691.